The van der Waals surface area contributed by atoms with Gasteiger partial charge in [0, 0.05) is 6.42 Å². The summed E-state index contributed by atoms with van der Waals surface area (Å²) in [5.74, 6) is -0.161. The molecule has 0 aliphatic carbocycles. The number of hydrogen-bond acceptors (Lipinski definition) is 2. The summed E-state index contributed by atoms with van der Waals surface area (Å²) in [4.78, 5) is 11.2. The molecule has 0 aliphatic heterocycles. The first kappa shape index (κ1) is 11.6. The van der Waals surface area contributed by atoms with Crippen molar-refractivity contribution in [2.24, 2.45) is 0 Å². The molecule has 88 valence electrons. The summed E-state index contributed by atoms with van der Waals surface area (Å²) < 4.78 is 5.30. The smallest absolute Gasteiger partial charge is 0.306 e. The second-order valence-corrected chi connectivity index (χ2v) is 4.09. The number of carbonyl (C=O) groups excluding carboxylic acids is 1. The molecule has 0 amide bonds. The zero-order valence-corrected chi connectivity index (χ0v) is 10.1. The van der Waals surface area contributed by atoms with Crippen molar-refractivity contribution in [2.45, 2.75) is 26.4 Å². The van der Waals surface area contributed by atoms with Gasteiger partial charge in [0.15, 0.2) is 0 Å². The van der Waals surface area contributed by atoms with Gasteiger partial charge in [-0.2, -0.15) is 0 Å². The van der Waals surface area contributed by atoms with Gasteiger partial charge in [-0.3, -0.25) is 4.79 Å². The Hall–Kier alpha value is -1.83. The average molecular weight is 228 g/mol. The number of hydrogen-bond donors (Lipinski definition) is 0. The highest BCUT2D eigenvalue weighted by Gasteiger charge is 2.10. The highest BCUT2D eigenvalue weighted by Crippen LogP contribution is 2.22. The molecule has 1 unspecified atom stereocenters. The van der Waals surface area contributed by atoms with E-state index < -0.39 is 0 Å². The monoisotopic (exact) mass is 228 g/mol. The highest BCUT2D eigenvalue weighted by molar-refractivity contribution is 5.83. The zero-order valence-electron chi connectivity index (χ0n) is 10.1. The molecular formula is C15H16O2. The maximum Gasteiger partial charge on any atom is 0.306 e. The molecule has 2 nitrogen and oxygen atoms in total. The van der Waals surface area contributed by atoms with Crippen LogP contribution in [0, 0.1) is 0 Å². The third kappa shape index (κ3) is 2.64. The van der Waals surface area contributed by atoms with E-state index in [0.29, 0.717) is 6.42 Å². The average Bonchev–Trinajstić information content (AvgIpc) is 2.38. The first-order chi connectivity index (χ1) is 8.20. The van der Waals surface area contributed by atoms with Gasteiger partial charge in [0.05, 0.1) is 0 Å². The van der Waals surface area contributed by atoms with Crippen LogP contribution in [0.25, 0.3) is 10.8 Å². The molecule has 0 bridgehead atoms. The fourth-order valence-electron chi connectivity index (χ4n) is 1.81. The summed E-state index contributed by atoms with van der Waals surface area (Å²) in [6.45, 7) is 3.70. The lowest BCUT2D eigenvalue weighted by Crippen LogP contribution is -2.07. The van der Waals surface area contributed by atoms with Gasteiger partial charge < -0.3 is 4.74 Å². The predicted molar refractivity (Wildman–Crippen MR) is 68.7 cm³/mol. The number of fused-ring (bicyclic) bond motifs is 1. The Morgan fingerprint density at radius 3 is 2.59 bits per heavy atom. The molecule has 0 saturated heterocycles. The van der Waals surface area contributed by atoms with E-state index in [2.05, 4.69) is 24.3 Å². The minimum Gasteiger partial charge on any atom is -0.458 e. The third-order valence-corrected chi connectivity index (χ3v) is 2.84. The van der Waals surface area contributed by atoms with Crippen molar-refractivity contribution in [3.05, 3.63) is 48.0 Å². The molecule has 0 saturated carbocycles. The molecule has 0 fully saturated rings. The Kier molecular flexibility index (Phi) is 3.43. The SMILES string of the molecule is CCC(=O)OC(C)c1ccc2ccccc2c1. The quantitative estimate of drug-likeness (QED) is 0.746. The molecular weight excluding hydrogens is 212 g/mol. The van der Waals surface area contributed by atoms with Crippen LogP contribution in [0.4, 0.5) is 0 Å². The van der Waals surface area contributed by atoms with Gasteiger partial charge in [-0.05, 0) is 29.3 Å². The van der Waals surface area contributed by atoms with Crippen LogP contribution >= 0.6 is 0 Å². The minimum atomic E-state index is -0.188. The van der Waals surface area contributed by atoms with E-state index >= 15 is 0 Å². The lowest BCUT2D eigenvalue weighted by atomic mass is 10.0. The second-order valence-electron chi connectivity index (χ2n) is 4.09. The molecule has 2 aromatic carbocycles. The van der Waals surface area contributed by atoms with Gasteiger partial charge >= 0.3 is 5.97 Å². The van der Waals surface area contributed by atoms with E-state index in [0.717, 1.165) is 5.56 Å². The van der Waals surface area contributed by atoms with E-state index in [4.69, 9.17) is 4.74 Å². The number of benzene rings is 2. The number of carbonyl (C=O) groups is 1. The summed E-state index contributed by atoms with van der Waals surface area (Å²) in [5, 5.41) is 2.37. The first-order valence-corrected chi connectivity index (χ1v) is 5.89. The summed E-state index contributed by atoms with van der Waals surface area (Å²) in [6, 6.07) is 14.3. The number of rotatable bonds is 3. The molecule has 2 aromatic rings. The molecule has 2 heteroatoms. The minimum absolute atomic E-state index is 0.161. The lowest BCUT2D eigenvalue weighted by Gasteiger charge is -2.13. The first-order valence-electron chi connectivity index (χ1n) is 5.89. The largest absolute Gasteiger partial charge is 0.458 e. The Labute approximate surface area is 101 Å². The van der Waals surface area contributed by atoms with E-state index in [1.165, 1.54) is 10.8 Å². The van der Waals surface area contributed by atoms with Crippen molar-refractivity contribution in [2.75, 3.05) is 0 Å². The Morgan fingerprint density at radius 1 is 1.18 bits per heavy atom. The van der Waals surface area contributed by atoms with Gasteiger partial charge in [0.2, 0.25) is 0 Å². The maximum absolute atomic E-state index is 11.2. The van der Waals surface area contributed by atoms with Crippen LogP contribution in [0.5, 0.6) is 0 Å². The van der Waals surface area contributed by atoms with Gasteiger partial charge in [0.1, 0.15) is 6.10 Å². The second kappa shape index (κ2) is 5.00. The van der Waals surface area contributed by atoms with Crippen LogP contribution < -0.4 is 0 Å². The maximum atomic E-state index is 11.2. The van der Waals surface area contributed by atoms with Crippen LogP contribution in [-0.4, -0.2) is 5.97 Å². The van der Waals surface area contributed by atoms with Crippen molar-refractivity contribution in [3.8, 4) is 0 Å². The molecule has 0 radical (unpaired) electrons. The van der Waals surface area contributed by atoms with Crippen LogP contribution in [0.15, 0.2) is 42.5 Å². The summed E-state index contributed by atoms with van der Waals surface area (Å²) in [7, 11) is 0. The van der Waals surface area contributed by atoms with Gasteiger partial charge in [-0.1, -0.05) is 43.3 Å². The van der Waals surface area contributed by atoms with Crippen LogP contribution in [-0.2, 0) is 9.53 Å². The molecule has 0 heterocycles. The van der Waals surface area contributed by atoms with Crippen molar-refractivity contribution in [1.82, 2.24) is 0 Å². The molecule has 1 atom stereocenters. The summed E-state index contributed by atoms with van der Waals surface area (Å²) >= 11 is 0. The number of ether oxygens (including phenoxy) is 1. The van der Waals surface area contributed by atoms with E-state index in [-0.39, 0.29) is 12.1 Å². The van der Waals surface area contributed by atoms with Crippen molar-refractivity contribution >= 4 is 16.7 Å². The molecule has 0 spiro atoms. The Morgan fingerprint density at radius 2 is 1.88 bits per heavy atom. The fraction of sp³-hybridized carbons (Fsp3) is 0.267. The van der Waals surface area contributed by atoms with Crippen molar-refractivity contribution in [3.63, 3.8) is 0 Å². The fourth-order valence-corrected chi connectivity index (χ4v) is 1.81. The number of esters is 1. The third-order valence-electron chi connectivity index (χ3n) is 2.84. The molecule has 0 aromatic heterocycles. The molecule has 0 N–H and O–H groups in total. The van der Waals surface area contributed by atoms with Gasteiger partial charge in [-0.25, -0.2) is 0 Å². The normalized spacial score (nSPS) is 12.4. The van der Waals surface area contributed by atoms with Crippen LogP contribution in [0.1, 0.15) is 31.9 Å². The van der Waals surface area contributed by atoms with Crippen molar-refractivity contribution < 1.29 is 9.53 Å². The Balaban J connectivity index is 2.26. The van der Waals surface area contributed by atoms with Crippen LogP contribution in [0.3, 0.4) is 0 Å². The molecule has 17 heavy (non-hydrogen) atoms. The van der Waals surface area contributed by atoms with Gasteiger partial charge in [0.25, 0.3) is 0 Å². The standard InChI is InChI=1S/C15H16O2/c1-3-15(16)17-11(2)13-9-8-12-6-4-5-7-14(12)10-13/h4-11H,3H2,1-2H3. The summed E-state index contributed by atoms with van der Waals surface area (Å²) in [6.07, 6.45) is 0.227. The van der Waals surface area contributed by atoms with Gasteiger partial charge in [-0.15, -0.1) is 0 Å². The molecule has 0 aliphatic rings. The highest BCUT2D eigenvalue weighted by atomic mass is 16.5. The van der Waals surface area contributed by atoms with Crippen LogP contribution in [0.2, 0.25) is 0 Å². The summed E-state index contributed by atoms with van der Waals surface area (Å²) in [5.41, 5.74) is 1.03. The van der Waals surface area contributed by atoms with E-state index in [1.807, 2.05) is 25.1 Å². The van der Waals surface area contributed by atoms with E-state index in [9.17, 15) is 4.79 Å². The Bertz CT molecular complexity index is 531. The van der Waals surface area contributed by atoms with Crippen molar-refractivity contribution in [1.29, 1.82) is 0 Å². The molecule has 2 rings (SSSR count). The van der Waals surface area contributed by atoms with E-state index in [1.54, 1.807) is 6.92 Å². The lowest BCUT2D eigenvalue weighted by molar-refractivity contribution is -0.148. The topological polar surface area (TPSA) is 26.3 Å². The zero-order chi connectivity index (χ0) is 12.3. The predicted octanol–water partition coefficient (Wildman–Crippen LogP) is 3.85.